The minimum atomic E-state index is 1.18. The number of benzene rings is 7. The fourth-order valence-electron chi connectivity index (χ4n) is 6.87. The SMILES string of the molecule is c1cc(-c2ccncc2)cc(-c2cc3ccc4cccc5c6cccc7ccc8cccc(c(c2)c3c45)c8c76)c1. The van der Waals surface area contributed by atoms with Gasteiger partial charge in [0, 0.05) is 12.4 Å². The summed E-state index contributed by atoms with van der Waals surface area (Å²) in [4.78, 5) is 4.21. The van der Waals surface area contributed by atoms with E-state index in [1.165, 1.54) is 86.9 Å². The highest BCUT2D eigenvalue weighted by Crippen LogP contribution is 2.44. The molecular formula is C39H23N. The summed E-state index contributed by atoms with van der Waals surface area (Å²) < 4.78 is 0. The predicted molar refractivity (Wildman–Crippen MR) is 171 cm³/mol. The summed E-state index contributed by atoms with van der Waals surface area (Å²) in [6, 6.07) is 47.2. The van der Waals surface area contributed by atoms with Gasteiger partial charge in [-0.2, -0.15) is 0 Å². The molecule has 1 nitrogen and oxygen atoms in total. The molecule has 0 amide bonds. The van der Waals surface area contributed by atoms with Gasteiger partial charge in [-0.15, -0.1) is 0 Å². The van der Waals surface area contributed by atoms with Crippen LogP contribution in [0.1, 0.15) is 0 Å². The summed E-state index contributed by atoms with van der Waals surface area (Å²) in [7, 11) is 0. The summed E-state index contributed by atoms with van der Waals surface area (Å²) >= 11 is 0. The summed E-state index contributed by atoms with van der Waals surface area (Å²) in [5, 5.41) is 15.7. The van der Waals surface area contributed by atoms with E-state index in [0.29, 0.717) is 0 Å². The van der Waals surface area contributed by atoms with Crippen LogP contribution in [0.5, 0.6) is 0 Å². The number of hydrogen-bond donors (Lipinski definition) is 0. The van der Waals surface area contributed by atoms with E-state index < -0.39 is 0 Å². The van der Waals surface area contributed by atoms with Gasteiger partial charge in [0.25, 0.3) is 0 Å². The summed E-state index contributed by atoms with van der Waals surface area (Å²) in [6.45, 7) is 0. The average Bonchev–Trinajstić information content (AvgIpc) is 3.03. The number of hydrogen-bond acceptors (Lipinski definition) is 1. The molecule has 0 saturated heterocycles. The number of rotatable bonds is 2. The minimum absolute atomic E-state index is 1.18. The molecule has 40 heavy (non-hydrogen) atoms. The fraction of sp³-hybridized carbons (Fsp3) is 0. The Kier molecular flexibility index (Phi) is 4.39. The molecule has 0 fully saturated rings. The lowest BCUT2D eigenvalue weighted by molar-refractivity contribution is 1.33. The van der Waals surface area contributed by atoms with Crippen LogP contribution < -0.4 is 0 Å². The molecule has 0 aliphatic carbocycles. The van der Waals surface area contributed by atoms with Gasteiger partial charge in [0.15, 0.2) is 0 Å². The highest BCUT2D eigenvalue weighted by atomic mass is 14.6. The first-order chi connectivity index (χ1) is 19.8. The van der Waals surface area contributed by atoms with E-state index in [1.807, 2.05) is 12.4 Å². The molecule has 0 N–H and O–H groups in total. The molecular weight excluding hydrogens is 482 g/mol. The first-order valence-corrected chi connectivity index (χ1v) is 13.8. The third kappa shape index (κ3) is 3.00. The van der Waals surface area contributed by atoms with E-state index in [1.54, 1.807) is 0 Å². The number of pyridine rings is 1. The highest BCUT2D eigenvalue weighted by Gasteiger charge is 2.16. The van der Waals surface area contributed by atoms with Crippen molar-refractivity contribution in [3.63, 3.8) is 0 Å². The smallest absolute Gasteiger partial charge is 0.0273 e. The summed E-state index contributed by atoms with van der Waals surface area (Å²) in [5.74, 6) is 0. The van der Waals surface area contributed by atoms with Crippen LogP contribution in [0, 0.1) is 0 Å². The standard InChI is InChI=1S/C39H23N/c1-8-28(24-17-19-40-20-18-24)21-29(9-1)31-22-30-16-15-27-6-3-11-33-32-10-2-5-25-13-14-26-7-4-12-34(38(26)36(25)32)35(23-31)39(30)37(27)33/h1-23H. The highest BCUT2D eigenvalue weighted by molar-refractivity contribution is 6.37. The van der Waals surface area contributed by atoms with Gasteiger partial charge in [-0.05, 0) is 117 Å². The number of fused-ring (bicyclic) bond motifs is 2. The van der Waals surface area contributed by atoms with Gasteiger partial charge in [0.1, 0.15) is 0 Å². The van der Waals surface area contributed by atoms with Crippen LogP contribution in [0.3, 0.4) is 0 Å². The third-order valence-corrected chi connectivity index (χ3v) is 8.63. The Balaban J connectivity index is 1.51. The van der Waals surface area contributed by atoms with E-state index in [2.05, 4.69) is 132 Å². The zero-order valence-electron chi connectivity index (χ0n) is 21.7. The van der Waals surface area contributed by atoms with Crippen LogP contribution in [0.15, 0.2) is 140 Å². The van der Waals surface area contributed by atoms with Crippen LogP contribution in [0.25, 0.3) is 86.9 Å². The lowest BCUT2D eigenvalue weighted by Crippen LogP contribution is -1.89. The van der Waals surface area contributed by atoms with Gasteiger partial charge in [0.05, 0.1) is 0 Å². The second-order valence-corrected chi connectivity index (χ2v) is 10.8. The van der Waals surface area contributed by atoms with Crippen LogP contribution in [0.2, 0.25) is 0 Å². The first kappa shape index (κ1) is 21.6. The fourth-order valence-corrected chi connectivity index (χ4v) is 6.87. The van der Waals surface area contributed by atoms with Crippen LogP contribution in [-0.4, -0.2) is 4.98 Å². The van der Waals surface area contributed by atoms with E-state index in [4.69, 9.17) is 0 Å². The molecule has 0 unspecified atom stereocenters. The second-order valence-electron chi connectivity index (χ2n) is 10.8. The largest absolute Gasteiger partial charge is 0.265 e. The summed E-state index contributed by atoms with van der Waals surface area (Å²) in [5.41, 5.74) is 4.82. The molecule has 9 aromatic rings. The molecule has 0 bridgehead atoms. The first-order valence-electron chi connectivity index (χ1n) is 13.8. The molecule has 1 aromatic heterocycles. The number of nitrogens with zero attached hydrogens (tertiary/aromatic N) is 1. The van der Waals surface area contributed by atoms with Crippen LogP contribution >= 0.6 is 0 Å². The molecule has 1 heteroatoms. The van der Waals surface area contributed by atoms with E-state index in [-0.39, 0.29) is 0 Å². The van der Waals surface area contributed by atoms with Crippen molar-refractivity contribution < 1.29 is 0 Å². The maximum atomic E-state index is 4.21. The molecule has 8 aromatic carbocycles. The Morgan fingerprint density at radius 2 is 0.775 bits per heavy atom. The minimum Gasteiger partial charge on any atom is -0.265 e. The van der Waals surface area contributed by atoms with Crippen molar-refractivity contribution in [1.29, 1.82) is 0 Å². The maximum absolute atomic E-state index is 4.21. The van der Waals surface area contributed by atoms with Crippen molar-refractivity contribution in [3.8, 4) is 22.3 Å². The molecule has 184 valence electrons. The second kappa shape index (κ2) is 8.11. The van der Waals surface area contributed by atoms with E-state index >= 15 is 0 Å². The lowest BCUT2D eigenvalue weighted by atomic mass is 9.86. The zero-order chi connectivity index (χ0) is 26.2. The van der Waals surface area contributed by atoms with Crippen molar-refractivity contribution in [2.75, 3.05) is 0 Å². The Morgan fingerprint density at radius 1 is 0.300 bits per heavy atom. The van der Waals surface area contributed by atoms with Gasteiger partial charge in [-0.25, -0.2) is 0 Å². The molecule has 0 atom stereocenters. The van der Waals surface area contributed by atoms with Crippen LogP contribution in [-0.2, 0) is 0 Å². The zero-order valence-corrected chi connectivity index (χ0v) is 21.7. The van der Waals surface area contributed by atoms with Gasteiger partial charge >= 0.3 is 0 Å². The molecule has 0 radical (unpaired) electrons. The van der Waals surface area contributed by atoms with Gasteiger partial charge in [0.2, 0.25) is 0 Å². The molecule has 0 spiro atoms. The summed E-state index contributed by atoms with van der Waals surface area (Å²) in [6.07, 6.45) is 3.72. The third-order valence-electron chi connectivity index (χ3n) is 8.63. The quantitative estimate of drug-likeness (QED) is 0.213. The van der Waals surface area contributed by atoms with Crippen molar-refractivity contribution in [2.45, 2.75) is 0 Å². The maximum Gasteiger partial charge on any atom is 0.0273 e. The number of aromatic nitrogens is 1. The topological polar surface area (TPSA) is 12.9 Å². The molecule has 0 saturated carbocycles. The Morgan fingerprint density at radius 3 is 1.38 bits per heavy atom. The van der Waals surface area contributed by atoms with Gasteiger partial charge in [-0.1, -0.05) is 97.1 Å². The molecule has 0 aliphatic rings. The van der Waals surface area contributed by atoms with E-state index in [9.17, 15) is 0 Å². The average molecular weight is 506 g/mol. The normalized spacial score (nSPS) is 12.0. The predicted octanol–water partition coefficient (Wildman–Crippen LogP) is 10.8. The Hall–Kier alpha value is -5.27. The van der Waals surface area contributed by atoms with Crippen molar-refractivity contribution in [1.82, 2.24) is 4.98 Å². The van der Waals surface area contributed by atoms with Crippen molar-refractivity contribution >= 4 is 64.6 Å². The van der Waals surface area contributed by atoms with Crippen molar-refractivity contribution in [2.24, 2.45) is 0 Å². The Labute approximate surface area is 231 Å². The van der Waals surface area contributed by atoms with Crippen molar-refractivity contribution in [3.05, 3.63) is 140 Å². The molecule has 1 heterocycles. The molecule has 9 rings (SSSR count). The lowest BCUT2D eigenvalue weighted by Gasteiger charge is -2.17. The van der Waals surface area contributed by atoms with Gasteiger partial charge < -0.3 is 0 Å². The molecule has 0 aliphatic heterocycles. The van der Waals surface area contributed by atoms with E-state index in [0.717, 1.165) is 0 Å². The van der Waals surface area contributed by atoms with Gasteiger partial charge in [-0.3, -0.25) is 4.98 Å². The Bertz CT molecular complexity index is 2410. The van der Waals surface area contributed by atoms with Crippen LogP contribution in [0.4, 0.5) is 0 Å². The monoisotopic (exact) mass is 505 g/mol.